The molecule has 0 bridgehead atoms. The third kappa shape index (κ3) is 4.41. The van der Waals surface area contributed by atoms with Gasteiger partial charge in [-0.2, -0.15) is 10.1 Å². The highest BCUT2D eigenvalue weighted by molar-refractivity contribution is 9.10. The molecule has 4 aromatic rings. The minimum absolute atomic E-state index is 0.00555. The van der Waals surface area contributed by atoms with E-state index in [4.69, 9.17) is 11.6 Å². The predicted molar refractivity (Wildman–Crippen MR) is 124 cm³/mol. The number of aromatic nitrogens is 1. The maximum absolute atomic E-state index is 13.2. The van der Waals surface area contributed by atoms with Crippen molar-refractivity contribution in [2.24, 2.45) is 5.10 Å². The van der Waals surface area contributed by atoms with Gasteiger partial charge in [0.25, 0.3) is 5.91 Å². The van der Waals surface area contributed by atoms with Gasteiger partial charge in [0.1, 0.15) is 0 Å². The molecule has 0 aliphatic carbocycles. The van der Waals surface area contributed by atoms with Gasteiger partial charge in [-0.3, -0.25) is 14.9 Å². The van der Waals surface area contributed by atoms with Crippen LogP contribution in [-0.4, -0.2) is 22.0 Å². The van der Waals surface area contributed by atoms with Gasteiger partial charge in [-0.25, -0.2) is 4.98 Å². The summed E-state index contributed by atoms with van der Waals surface area (Å²) in [4.78, 5) is 28.7. The summed E-state index contributed by atoms with van der Waals surface area (Å²) < 4.78 is 1.78. The van der Waals surface area contributed by atoms with Crippen LogP contribution in [0.2, 0.25) is 5.02 Å². The Hall–Kier alpha value is -2.66. The minimum Gasteiger partial charge on any atom is -0.267 e. The Bertz CT molecular complexity index is 1300. The molecule has 0 fully saturated rings. The lowest BCUT2D eigenvalue weighted by molar-refractivity contribution is -0.380. The van der Waals surface area contributed by atoms with E-state index < -0.39 is 10.8 Å². The van der Waals surface area contributed by atoms with Crippen LogP contribution < -0.4 is 5.01 Å². The quantitative estimate of drug-likeness (QED) is 0.174. The molecule has 2 aromatic heterocycles. The lowest BCUT2D eigenvalue weighted by atomic mass is 10.2. The Morgan fingerprint density at radius 1 is 1.20 bits per heavy atom. The monoisotopic (exact) mass is 520 g/mol. The second-order valence-corrected chi connectivity index (χ2v) is 9.37. The second-order valence-electron chi connectivity index (χ2n) is 5.91. The molecule has 150 valence electrons. The van der Waals surface area contributed by atoms with Crippen LogP contribution in [0.5, 0.6) is 0 Å². The van der Waals surface area contributed by atoms with Gasteiger partial charge in [-0.05, 0) is 42.5 Å². The highest BCUT2D eigenvalue weighted by atomic mass is 79.9. The summed E-state index contributed by atoms with van der Waals surface area (Å²) in [6, 6.07) is 15.1. The van der Waals surface area contributed by atoms with E-state index >= 15 is 0 Å². The van der Waals surface area contributed by atoms with E-state index in [1.165, 1.54) is 28.6 Å². The summed E-state index contributed by atoms with van der Waals surface area (Å²) in [7, 11) is 0. The van der Waals surface area contributed by atoms with Crippen LogP contribution in [0.4, 0.5) is 10.1 Å². The number of halogens is 2. The van der Waals surface area contributed by atoms with Crippen LogP contribution in [0.15, 0.2) is 64.2 Å². The van der Waals surface area contributed by atoms with Crippen molar-refractivity contribution in [1.82, 2.24) is 4.98 Å². The van der Waals surface area contributed by atoms with E-state index in [9.17, 15) is 14.9 Å². The topological polar surface area (TPSA) is 88.7 Å². The normalized spacial score (nSPS) is 11.3. The van der Waals surface area contributed by atoms with Crippen LogP contribution in [0, 0.1) is 10.1 Å². The van der Waals surface area contributed by atoms with Gasteiger partial charge in [0.2, 0.25) is 5.13 Å². The number of rotatable bonds is 5. The van der Waals surface area contributed by atoms with Crippen molar-refractivity contribution < 1.29 is 9.72 Å². The lowest BCUT2D eigenvalue weighted by Gasteiger charge is -2.13. The Balaban J connectivity index is 1.75. The molecule has 7 nitrogen and oxygen atoms in total. The van der Waals surface area contributed by atoms with Crippen LogP contribution >= 0.6 is 50.2 Å². The zero-order valence-electron chi connectivity index (χ0n) is 14.9. The number of nitrogens with zero attached hydrogens (tertiary/aromatic N) is 4. The number of fused-ring (bicyclic) bond motifs is 1. The van der Waals surface area contributed by atoms with Gasteiger partial charge >= 0.3 is 5.00 Å². The number of carbonyl (C=O) groups is 1. The van der Waals surface area contributed by atoms with E-state index in [0.717, 1.165) is 26.0 Å². The number of anilines is 1. The smallest absolute Gasteiger partial charge is 0.267 e. The van der Waals surface area contributed by atoms with Crippen molar-refractivity contribution >= 4 is 82.7 Å². The van der Waals surface area contributed by atoms with Crippen molar-refractivity contribution in [3.8, 4) is 0 Å². The number of carbonyl (C=O) groups excluding carboxylic acids is 1. The number of nitro groups is 1. The van der Waals surface area contributed by atoms with Gasteiger partial charge in [0.05, 0.1) is 26.2 Å². The zero-order valence-corrected chi connectivity index (χ0v) is 18.8. The lowest BCUT2D eigenvalue weighted by Crippen LogP contribution is -2.25. The molecule has 0 saturated carbocycles. The molecule has 0 N–H and O–H groups in total. The number of hydrazone groups is 1. The number of thiophene rings is 1. The molecule has 1 amide bonds. The van der Waals surface area contributed by atoms with E-state index in [1.807, 2.05) is 18.2 Å². The molecule has 0 atom stereocenters. The summed E-state index contributed by atoms with van der Waals surface area (Å²) >= 11 is 11.7. The van der Waals surface area contributed by atoms with Gasteiger partial charge < -0.3 is 0 Å². The molecule has 4 rings (SSSR count). The van der Waals surface area contributed by atoms with Crippen LogP contribution in [0.3, 0.4) is 0 Å². The Kier molecular flexibility index (Phi) is 5.91. The molecular weight excluding hydrogens is 512 g/mol. The summed E-state index contributed by atoms with van der Waals surface area (Å²) in [6.07, 6.45) is 1.40. The van der Waals surface area contributed by atoms with Gasteiger partial charge in [-0.1, -0.05) is 56.3 Å². The Morgan fingerprint density at radius 3 is 2.77 bits per heavy atom. The average Bonchev–Trinajstić information content (AvgIpc) is 3.35. The third-order valence-corrected chi connectivity index (χ3v) is 6.57. The van der Waals surface area contributed by atoms with E-state index in [2.05, 4.69) is 26.0 Å². The molecule has 0 aliphatic rings. The van der Waals surface area contributed by atoms with Crippen molar-refractivity contribution in [2.45, 2.75) is 0 Å². The maximum Gasteiger partial charge on any atom is 0.324 e. The summed E-state index contributed by atoms with van der Waals surface area (Å²) in [6.45, 7) is 0. The fraction of sp³-hybridized carbons (Fsp3) is 0. The first-order valence-electron chi connectivity index (χ1n) is 8.35. The highest BCUT2D eigenvalue weighted by Gasteiger charge is 2.21. The Morgan fingerprint density at radius 2 is 2.03 bits per heavy atom. The predicted octanol–water partition coefficient (Wildman–Crippen LogP) is 6.36. The zero-order chi connectivity index (χ0) is 21.3. The van der Waals surface area contributed by atoms with E-state index in [0.29, 0.717) is 20.6 Å². The first-order chi connectivity index (χ1) is 14.4. The second kappa shape index (κ2) is 8.60. The number of thiazole rings is 1. The highest BCUT2D eigenvalue weighted by Crippen LogP contribution is 2.32. The maximum atomic E-state index is 13.2. The Labute approximate surface area is 191 Å². The van der Waals surface area contributed by atoms with Crippen molar-refractivity contribution in [3.05, 3.63) is 84.6 Å². The summed E-state index contributed by atoms with van der Waals surface area (Å²) in [5.74, 6) is -0.419. The number of amides is 1. The number of hydrogen-bond acceptors (Lipinski definition) is 7. The third-order valence-electron chi connectivity index (χ3n) is 3.88. The summed E-state index contributed by atoms with van der Waals surface area (Å²) in [5, 5.41) is 17.2. The molecular formula is C19H10BrClN4O3S2. The first kappa shape index (κ1) is 20.6. The van der Waals surface area contributed by atoms with Crippen LogP contribution in [0.1, 0.15) is 15.2 Å². The number of hydrogen-bond donors (Lipinski definition) is 0. The molecule has 2 aromatic carbocycles. The molecule has 0 spiro atoms. The minimum atomic E-state index is -0.470. The SMILES string of the molecule is O=C(c1cccc(Cl)c1)N(/N=C/c1ccc([N+](=O)[O-])s1)c1nc2ccc(Br)cc2s1. The van der Waals surface area contributed by atoms with E-state index in [-0.39, 0.29) is 5.00 Å². The molecule has 0 aliphatic heterocycles. The largest absolute Gasteiger partial charge is 0.324 e. The fourth-order valence-electron chi connectivity index (χ4n) is 2.53. The van der Waals surface area contributed by atoms with Crippen LogP contribution in [0.25, 0.3) is 10.2 Å². The van der Waals surface area contributed by atoms with Gasteiger partial charge in [0.15, 0.2) is 0 Å². The van der Waals surface area contributed by atoms with E-state index in [1.54, 1.807) is 30.3 Å². The van der Waals surface area contributed by atoms with Crippen molar-refractivity contribution in [2.75, 3.05) is 5.01 Å². The number of benzene rings is 2. The van der Waals surface area contributed by atoms with Crippen molar-refractivity contribution in [1.29, 1.82) is 0 Å². The summed E-state index contributed by atoms with van der Waals surface area (Å²) in [5.41, 5.74) is 1.07. The molecule has 11 heteroatoms. The first-order valence-corrected chi connectivity index (χ1v) is 11.2. The van der Waals surface area contributed by atoms with Gasteiger partial charge in [0, 0.05) is 21.1 Å². The van der Waals surface area contributed by atoms with Crippen LogP contribution in [-0.2, 0) is 0 Å². The average molecular weight is 522 g/mol. The molecule has 0 radical (unpaired) electrons. The fourth-order valence-corrected chi connectivity index (χ4v) is 4.89. The van der Waals surface area contributed by atoms with Crippen molar-refractivity contribution in [3.63, 3.8) is 0 Å². The molecule has 0 saturated heterocycles. The molecule has 0 unspecified atom stereocenters. The van der Waals surface area contributed by atoms with Gasteiger partial charge in [-0.15, -0.1) is 0 Å². The molecule has 30 heavy (non-hydrogen) atoms. The standard InChI is InChI=1S/C19H10BrClN4O3S2/c20-12-4-6-15-16(9-12)30-19(23-15)24(18(26)11-2-1-3-13(21)8-11)22-10-14-5-7-17(29-14)25(27)28/h1-10H/b22-10+. The molecule has 2 heterocycles.